The fourth-order valence-electron chi connectivity index (χ4n) is 2.57. The Morgan fingerprint density at radius 3 is 2.55 bits per heavy atom. The van der Waals surface area contributed by atoms with Crippen molar-refractivity contribution < 1.29 is 19.0 Å². The van der Waals surface area contributed by atoms with E-state index in [1.165, 1.54) is 6.21 Å². The van der Waals surface area contributed by atoms with Gasteiger partial charge in [-0.05, 0) is 70.1 Å². The van der Waals surface area contributed by atoms with Gasteiger partial charge in [0.1, 0.15) is 12.4 Å². The molecule has 8 heteroatoms. The molecule has 0 heterocycles. The summed E-state index contributed by atoms with van der Waals surface area (Å²) in [4.78, 5) is 11.9. The van der Waals surface area contributed by atoms with E-state index in [1.54, 1.807) is 37.4 Å². The maximum atomic E-state index is 11.9. The normalized spacial score (nSPS) is 10.7. The average Bonchev–Trinajstić information content (AvgIpc) is 2.78. The lowest BCUT2D eigenvalue weighted by Gasteiger charge is -2.13. The maximum Gasteiger partial charge on any atom is 0.277 e. The van der Waals surface area contributed by atoms with E-state index in [1.807, 2.05) is 36.4 Å². The van der Waals surface area contributed by atoms with Gasteiger partial charge in [0.2, 0.25) is 0 Å². The first kappa shape index (κ1) is 22.9. The second-order valence-electron chi connectivity index (χ2n) is 6.34. The molecule has 3 aromatic carbocycles. The van der Waals surface area contributed by atoms with Crippen molar-refractivity contribution in [1.29, 1.82) is 0 Å². The summed E-state index contributed by atoms with van der Waals surface area (Å²) in [6, 6.07) is 20.3. The number of methoxy groups -OCH3 is 1. The smallest absolute Gasteiger partial charge is 0.277 e. The Kier molecular flexibility index (Phi) is 8.54. The fraction of sp³-hybridized carbons (Fsp3) is 0.130. The van der Waals surface area contributed by atoms with Gasteiger partial charge in [-0.25, -0.2) is 5.43 Å². The van der Waals surface area contributed by atoms with Crippen LogP contribution >= 0.6 is 34.2 Å². The summed E-state index contributed by atoms with van der Waals surface area (Å²) in [6.07, 6.45) is 1.53. The van der Waals surface area contributed by atoms with Gasteiger partial charge in [0.15, 0.2) is 18.1 Å². The van der Waals surface area contributed by atoms with Gasteiger partial charge in [-0.3, -0.25) is 4.79 Å². The van der Waals surface area contributed by atoms with Crippen molar-refractivity contribution in [2.75, 3.05) is 13.7 Å². The molecule has 0 aliphatic heterocycles. The van der Waals surface area contributed by atoms with Crippen LogP contribution in [0.3, 0.4) is 0 Å². The highest BCUT2D eigenvalue weighted by Gasteiger charge is 2.11. The molecule has 1 N–H and O–H groups in total. The lowest BCUT2D eigenvalue weighted by molar-refractivity contribution is -0.123. The zero-order chi connectivity index (χ0) is 22.1. The van der Waals surface area contributed by atoms with Gasteiger partial charge in [0, 0.05) is 5.02 Å². The number of benzene rings is 3. The van der Waals surface area contributed by atoms with Crippen molar-refractivity contribution in [3.63, 3.8) is 0 Å². The molecule has 0 unspecified atom stereocenters. The molecule has 0 aliphatic carbocycles. The zero-order valence-corrected chi connectivity index (χ0v) is 19.6. The van der Waals surface area contributed by atoms with Gasteiger partial charge in [-0.2, -0.15) is 5.10 Å². The van der Waals surface area contributed by atoms with Crippen molar-refractivity contribution in [2.24, 2.45) is 5.10 Å². The summed E-state index contributed by atoms with van der Waals surface area (Å²) in [6.45, 7) is 0.274. The molecule has 0 fully saturated rings. The van der Waals surface area contributed by atoms with Crippen molar-refractivity contribution in [2.45, 2.75) is 6.61 Å². The van der Waals surface area contributed by atoms with E-state index in [2.05, 4.69) is 33.1 Å². The molecule has 0 aliphatic rings. The minimum atomic E-state index is -0.379. The Morgan fingerprint density at radius 2 is 1.84 bits per heavy atom. The molecule has 6 nitrogen and oxygen atoms in total. The van der Waals surface area contributed by atoms with Crippen LogP contribution in [0.1, 0.15) is 11.1 Å². The van der Waals surface area contributed by atoms with E-state index in [9.17, 15) is 4.79 Å². The molecule has 0 bridgehead atoms. The van der Waals surface area contributed by atoms with Crippen LogP contribution in [0.4, 0.5) is 0 Å². The second kappa shape index (κ2) is 11.6. The molecule has 3 aromatic rings. The molecule has 0 spiro atoms. The molecule has 0 saturated carbocycles. The van der Waals surface area contributed by atoms with Gasteiger partial charge in [-0.15, -0.1) is 0 Å². The van der Waals surface area contributed by atoms with E-state index >= 15 is 0 Å². The van der Waals surface area contributed by atoms with E-state index in [4.69, 9.17) is 25.8 Å². The van der Waals surface area contributed by atoms with Crippen LogP contribution in [0.5, 0.6) is 17.2 Å². The Morgan fingerprint density at radius 1 is 1.10 bits per heavy atom. The van der Waals surface area contributed by atoms with Crippen molar-refractivity contribution in [3.8, 4) is 17.2 Å². The Hall–Kier alpha value is -2.78. The predicted octanol–water partition coefficient (Wildman–Crippen LogP) is 5.06. The average molecular weight is 551 g/mol. The molecule has 0 aromatic heterocycles. The highest BCUT2D eigenvalue weighted by Crippen LogP contribution is 2.34. The largest absolute Gasteiger partial charge is 0.493 e. The molecule has 31 heavy (non-hydrogen) atoms. The number of hydrogen-bond acceptors (Lipinski definition) is 5. The summed E-state index contributed by atoms with van der Waals surface area (Å²) >= 11 is 8.00. The number of carbonyl (C=O) groups is 1. The quantitative estimate of drug-likeness (QED) is 0.230. The van der Waals surface area contributed by atoms with Crippen LogP contribution in [-0.2, 0) is 11.4 Å². The standard InChI is InChI=1S/C23H20ClIN2O4/c1-29-21-12-17(11-20(25)23(21)31-14-16-5-3-2-4-6-16)13-26-27-22(28)15-30-19-9-7-18(24)8-10-19/h2-13H,14-15H2,1H3,(H,27,28)/b26-13-. The molecular formula is C23H20ClIN2O4. The number of hydrazone groups is 1. The van der Waals surface area contributed by atoms with Gasteiger partial charge in [0.05, 0.1) is 16.9 Å². The van der Waals surface area contributed by atoms with Gasteiger partial charge >= 0.3 is 0 Å². The summed E-state index contributed by atoms with van der Waals surface area (Å²) in [5.74, 6) is 1.41. The number of halogens is 2. The highest BCUT2D eigenvalue weighted by molar-refractivity contribution is 14.1. The van der Waals surface area contributed by atoms with Crippen molar-refractivity contribution >= 4 is 46.3 Å². The Bertz CT molecular complexity index is 1040. The van der Waals surface area contributed by atoms with Crippen molar-refractivity contribution in [3.05, 3.63) is 86.4 Å². The van der Waals surface area contributed by atoms with Crippen LogP contribution in [-0.4, -0.2) is 25.8 Å². The van der Waals surface area contributed by atoms with E-state index < -0.39 is 0 Å². The van der Waals surface area contributed by atoms with Crippen LogP contribution in [0.2, 0.25) is 5.02 Å². The summed E-state index contributed by atoms with van der Waals surface area (Å²) in [5.41, 5.74) is 4.26. The van der Waals surface area contributed by atoms with E-state index in [0.29, 0.717) is 28.9 Å². The van der Waals surface area contributed by atoms with Gasteiger partial charge in [-0.1, -0.05) is 41.9 Å². The van der Waals surface area contributed by atoms with Gasteiger partial charge < -0.3 is 14.2 Å². The first-order valence-corrected chi connectivity index (χ1v) is 10.8. The third kappa shape index (κ3) is 7.15. The molecule has 1 amide bonds. The number of nitrogens with zero attached hydrogens (tertiary/aromatic N) is 1. The van der Waals surface area contributed by atoms with E-state index in [0.717, 1.165) is 14.7 Å². The highest BCUT2D eigenvalue weighted by atomic mass is 127. The van der Waals surface area contributed by atoms with Crippen LogP contribution in [0, 0.1) is 3.57 Å². The number of carbonyl (C=O) groups excluding carboxylic acids is 1. The minimum absolute atomic E-state index is 0.161. The Balaban J connectivity index is 1.56. The molecule has 0 radical (unpaired) electrons. The predicted molar refractivity (Wildman–Crippen MR) is 129 cm³/mol. The lowest BCUT2D eigenvalue weighted by Crippen LogP contribution is -2.24. The first-order chi connectivity index (χ1) is 15.0. The number of ether oxygens (including phenoxy) is 3. The summed E-state index contributed by atoms with van der Waals surface area (Å²) < 4.78 is 17.7. The fourth-order valence-corrected chi connectivity index (χ4v) is 3.48. The monoisotopic (exact) mass is 550 g/mol. The number of amides is 1. The SMILES string of the molecule is COc1cc(/C=N\NC(=O)COc2ccc(Cl)cc2)cc(I)c1OCc1ccccc1. The molecular weight excluding hydrogens is 531 g/mol. The topological polar surface area (TPSA) is 69.2 Å². The molecule has 160 valence electrons. The zero-order valence-electron chi connectivity index (χ0n) is 16.7. The van der Waals surface area contributed by atoms with Crippen molar-refractivity contribution in [1.82, 2.24) is 5.43 Å². The number of nitrogens with one attached hydrogen (secondary N) is 1. The molecule has 3 rings (SSSR count). The third-order valence-corrected chi connectivity index (χ3v) is 5.12. The maximum absolute atomic E-state index is 11.9. The third-order valence-electron chi connectivity index (χ3n) is 4.06. The van der Waals surface area contributed by atoms with Crippen LogP contribution in [0.25, 0.3) is 0 Å². The molecule has 0 atom stereocenters. The van der Waals surface area contributed by atoms with Crippen LogP contribution in [0.15, 0.2) is 71.8 Å². The first-order valence-electron chi connectivity index (χ1n) is 9.29. The minimum Gasteiger partial charge on any atom is -0.493 e. The second-order valence-corrected chi connectivity index (χ2v) is 7.94. The van der Waals surface area contributed by atoms with Crippen LogP contribution < -0.4 is 19.6 Å². The Labute approximate surface area is 199 Å². The molecule has 0 saturated heterocycles. The summed E-state index contributed by atoms with van der Waals surface area (Å²) in [7, 11) is 1.58. The number of hydrogen-bond donors (Lipinski definition) is 1. The van der Waals surface area contributed by atoms with Gasteiger partial charge in [0.25, 0.3) is 5.91 Å². The van der Waals surface area contributed by atoms with E-state index in [-0.39, 0.29) is 12.5 Å². The number of rotatable bonds is 9. The summed E-state index contributed by atoms with van der Waals surface area (Å²) in [5, 5.41) is 4.58. The lowest BCUT2D eigenvalue weighted by atomic mass is 10.2.